The van der Waals surface area contributed by atoms with Crippen LogP contribution < -0.4 is 10.6 Å². The minimum Gasteiger partial charge on any atom is -0.463 e. The Morgan fingerprint density at radius 1 is 1.68 bits per heavy atom. The summed E-state index contributed by atoms with van der Waals surface area (Å²) >= 11 is 0. The summed E-state index contributed by atoms with van der Waals surface area (Å²) in [6, 6.07) is 1.71. The van der Waals surface area contributed by atoms with Gasteiger partial charge in [0.1, 0.15) is 5.82 Å². The van der Waals surface area contributed by atoms with Crippen LogP contribution in [0.1, 0.15) is 17.5 Å². The van der Waals surface area contributed by atoms with Gasteiger partial charge in [0.2, 0.25) is 5.82 Å². The van der Waals surface area contributed by atoms with Crippen LogP contribution in [0.25, 0.3) is 0 Å². The number of hydrogen-bond acceptors (Lipinski definition) is 7. The van der Waals surface area contributed by atoms with E-state index in [0.29, 0.717) is 25.5 Å². The van der Waals surface area contributed by atoms with E-state index in [1.165, 1.54) is 7.11 Å². The predicted octanol–water partition coefficient (Wildman–Crippen LogP) is -0.184. The predicted molar refractivity (Wildman–Crippen MR) is 69.0 cm³/mol. The van der Waals surface area contributed by atoms with Crippen molar-refractivity contribution in [2.45, 2.75) is 19.1 Å². The summed E-state index contributed by atoms with van der Waals surface area (Å²) in [6.45, 7) is 3.86. The molecular formula is C12H18N4O3. The maximum atomic E-state index is 11.4. The van der Waals surface area contributed by atoms with Crippen LogP contribution in [0.15, 0.2) is 12.3 Å². The largest absolute Gasteiger partial charge is 0.463 e. The first-order valence-electron chi connectivity index (χ1n) is 6.15. The third kappa shape index (κ3) is 3.18. The summed E-state index contributed by atoms with van der Waals surface area (Å²) in [5, 5.41) is 0. The molecule has 0 aromatic carbocycles. The van der Waals surface area contributed by atoms with Gasteiger partial charge < -0.3 is 20.1 Å². The third-order valence-corrected chi connectivity index (χ3v) is 3.01. The van der Waals surface area contributed by atoms with Gasteiger partial charge in [-0.25, -0.2) is 14.8 Å². The molecule has 1 aromatic rings. The topological polar surface area (TPSA) is 90.6 Å². The minimum atomic E-state index is -0.543. The molecule has 1 saturated heterocycles. The van der Waals surface area contributed by atoms with Crippen LogP contribution in [-0.4, -0.2) is 54.9 Å². The van der Waals surface area contributed by atoms with Crippen molar-refractivity contribution in [1.29, 1.82) is 0 Å². The number of morpholine rings is 1. The average molecular weight is 266 g/mol. The molecule has 0 amide bonds. The van der Waals surface area contributed by atoms with Gasteiger partial charge in [0.25, 0.3) is 0 Å². The van der Waals surface area contributed by atoms with E-state index < -0.39 is 5.97 Å². The van der Waals surface area contributed by atoms with Gasteiger partial charge in [-0.05, 0) is 13.0 Å². The first-order chi connectivity index (χ1) is 9.11. The highest BCUT2D eigenvalue weighted by Crippen LogP contribution is 2.16. The SMILES string of the molecule is COC(=O)c1nccc(N2CCOC(C(C)N)C2)n1. The molecule has 0 radical (unpaired) electrons. The van der Waals surface area contributed by atoms with Gasteiger partial charge in [0.05, 0.1) is 19.8 Å². The molecule has 0 bridgehead atoms. The molecule has 0 spiro atoms. The number of nitrogens with zero attached hydrogens (tertiary/aromatic N) is 3. The van der Waals surface area contributed by atoms with Crippen molar-refractivity contribution in [3.05, 3.63) is 18.1 Å². The van der Waals surface area contributed by atoms with E-state index in [1.54, 1.807) is 12.3 Å². The number of carbonyl (C=O) groups excluding carboxylic acids is 1. The van der Waals surface area contributed by atoms with E-state index >= 15 is 0 Å². The number of rotatable bonds is 3. The number of carbonyl (C=O) groups is 1. The van der Waals surface area contributed by atoms with Crippen molar-refractivity contribution in [2.24, 2.45) is 5.73 Å². The fourth-order valence-electron chi connectivity index (χ4n) is 1.92. The summed E-state index contributed by atoms with van der Waals surface area (Å²) in [5.41, 5.74) is 5.85. The highest BCUT2D eigenvalue weighted by molar-refractivity contribution is 5.85. The normalized spacial score (nSPS) is 21.0. The lowest BCUT2D eigenvalue weighted by Crippen LogP contribution is -2.50. The number of methoxy groups -OCH3 is 1. The van der Waals surface area contributed by atoms with Crippen LogP contribution in [0.2, 0.25) is 0 Å². The lowest BCUT2D eigenvalue weighted by atomic mass is 10.1. The number of nitrogens with two attached hydrogens (primary N) is 1. The molecular weight excluding hydrogens is 248 g/mol. The van der Waals surface area contributed by atoms with Gasteiger partial charge in [-0.2, -0.15) is 0 Å². The number of aromatic nitrogens is 2. The Bertz CT molecular complexity index is 452. The van der Waals surface area contributed by atoms with Crippen molar-refractivity contribution in [3.63, 3.8) is 0 Å². The quantitative estimate of drug-likeness (QED) is 0.758. The zero-order chi connectivity index (χ0) is 13.8. The smallest absolute Gasteiger partial charge is 0.376 e. The molecule has 0 aliphatic carbocycles. The molecule has 2 N–H and O–H groups in total. The first-order valence-corrected chi connectivity index (χ1v) is 6.15. The maximum absolute atomic E-state index is 11.4. The Morgan fingerprint density at radius 2 is 2.47 bits per heavy atom. The van der Waals surface area contributed by atoms with Crippen molar-refractivity contribution >= 4 is 11.8 Å². The van der Waals surface area contributed by atoms with Crippen molar-refractivity contribution in [3.8, 4) is 0 Å². The number of ether oxygens (including phenoxy) is 2. The molecule has 1 aliphatic rings. The molecule has 19 heavy (non-hydrogen) atoms. The lowest BCUT2D eigenvalue weighted by Gasteiger charge is -2.35. The minimum absolute atomic E-state index is 0.0368. The Balaban J connectivity index is 2.15. The average Bonchev–Trinajstić information content (AvgIpc) is 2.46. The molecule has 0 saturated carbocycles. The molecule has 104 valence electrons. The molecule has 7 nitrogen and oxygen atoms in total. The Morgan fingerprint density at radius 3 is 3.16 bits per heavy atom. The van der Waals surface area contributed by atoms with Crippen LogP contribution in [0.3, 0.4) is 0 Å². The summed E-state index contributed by atoms with van der Waals surface area (Å²) in [4.78, 5) is 21.5. The van der Waals surface area contributed by atoms with E-state index in [0.717, 1.165) is 0 Å². The fraction of sp³-hybridized carbons (Fsp3) is 0.583. The van der Waals surface area contributed by atoms with Crippen molar-refractivity contribution in [2.75, 3.05) is 31.7 Å². The van der Waals surface area contributed by atoms with Gasteiger partial charge in [0.15, 0.2) is 0 Å². The summed E-state index contributed by atoms with van der Waals surface area (Å²) < 4.78 is 10.2. The second-order valence-electron chi connectivity index (χ2n) is 4.44. The molecule has 2 rings (SSSR count). The van der Waals surface area contributed by atoms with E-state index in [-0.39, 0.29) is 18.0 Å². The van der Waals surface area contributed by atoms with E-state index in [2.05, 4.69) is 14.7 Å². The second-order valence-corrected chi connectivity index (χ2v) is 4.44. The monoisotopic (exact) mass is 266 g/mol. The number of hydrogen-bond donors (Lipinski definition) is 1. The van der Waals surface area contributed by atoms with Gasteiger partial charge in [-0.1, -0.05) is 0 Å². The first kappa shape index (κ1) is 13.7. The number of esters is 1. The molecule has 7 heteroatoms. The maximum Gasteiger partial charge on any atom is 0.376 e. The van der Waals surface area contributed by atoms with Crippen LogP contribution in [0, 0.1) is 0 Å². The molecule has 2 heterocycles. The van der Waals surface area contributed by atoms with Crippen LogP contribution >= 0.6 is 0 Å². The lowest BCUT2D eigenvalue weighted by molar-refractivity contribution is 0.0273. The highest BCUT2D eigenvalue weighted by atomic mass is 16.5. The van der Waals surface area contributed by atoms with Crippen molar-refractivity contribution in [1.82, 2.24) is 9.97 Å². The molecule has 1 fully saturated rings. The van der Waals surface area contributed by atoms with E-state index in [9.17, 15) is 4.79 Å². The van der Waals surface area contributed by atoms with E-state index in [4.69, 9.17) is 10.5 Å². The van der Waals surface area contributed by atoms with Gasteiger partial charge >= 0.3 is 5.97 Å². The summed E-state index contributed by atoms with van der Waals surface area (Å²) in [7, 11) is 1.30. The third-order valence-electron chi connectivity index (χ3n) is 3.01. The Kier molecular flexibility index (Phi) is 4.28. The highest BCUT2D eigenvalue weighted by Gasteiger charge is 2.24. The summed E-state index contributed by atoms with van der Waals surface area (Å²) in [6.07, 6.45) is 1.51. The molecule has 2 atom stereocenters. The van der Waals surface area contributed by atoms with Gasteiger partial charge in [-0.3, -0.25) is 0 Å². The van der Waals surface area contributed by atoms with Crippen molar-refractivity contribution < 1.29 is 14.3 Å². The second kappa shape index (κ2) is 5.94. The van der Waals surface area contributed by atoms with Gasteiger partial charge in [0, 0.05) is 25.3 Å². The van der Waals surface area contributed by atoms with Crippen LogP contribution in [0.5, 0.6) is 0 Å². The standard InChI is InChI=1S/C12H18N4O3/c1-8(13)9-7-16(5-6-19-9)10-3-4-14-11(15-10)12(17)18-2/h3-4,8-9H,5-7,13H2,1-2H3. The van der Waals surface area contributed by atoms with Crippen LogP contribution in [-0.2, 0) is 9.47 Å². The number of anilines is 1. The molecule has 2 unspecified atom stereocenters. The Hall–Kier alpha value is -1.73. The zero-order valence-electron chi connectivity index (χ0n) is 11.1. The Labute approximate surface area is 111 Å². The molecule has 1 aromatic heterocycles. The van der Waals surface area contributed by atoms with Gasteiger partial charge in [-0.15, -0.1) is 0 Å². The van der Waals surface area contributed by atoms with E-state index in [1.807, 2.05) is 11.8 Å². The molecule has 1 aliphatic heterocycles. The zero-order valence-corrected chi connectivity index (χ0v) is 11.1. The van der Waals surface area contributed by atoms with Crippen LogP contribution in [0.4, 0.5) is 5.82 Å². The fourth-order valence-corrected chi connectivity index (χ4v) is 1.92. The summed E-state index contributed by atoms with van der Waals surface area (Å²) in [5.74, 6) is 0.201.